The Balaban J connectivity index is 2.56. The Hall–Kier alpha value is -0.220. The first-order valence-electron chi connectivity index (χ1n) is 6.82. The van der Waals surface area contributed by atoms with Crippen molar-refractivity contribution in [1.29, 1.82) is 0 Å². The first-order valence-corrected chi connectivity index (χ1v) is 7.81. The van der Waals surface area contributed by atoms with E-state index in [0.29, 0.717) is 12.6 Å². The van der Waals surface area contributed by atoms with Gasteiger partial charge in [-0.1, -0.05) is 32.5 Å². The summed E-state index contributed by atoms with van der Waals surface area (Å²) >= 11 is 1.83. The Kier molecular flexibility index (Phi) is 5.53. The summed E-state index contributed by atoms with van der Waals surface area (Å²) in [6, 6.07) is 0.521. The van der Waals surface area contributed by atoms with Gasteiger partial charge in [-0.3, -0.25) is 4.99 Å². The lowest BCUT2D eigenvalue weighted by Crippen LogP contribution is -2.46. The Labute approximate surface area is 116 Å². The minimum absolute atomic E-state index is 0.168. The molecule has 0 saturated carbocycles. The van der Waals surface area contributed by atoms with Crippen LogP contribution in [-0.4, -0.2) is 35.7 Å². The average Bonchev–Trinajstić information content (AvgIpc) is 2.26. The standard InChI is InChI=1S/C14H28N2OS/c1-7-17-14(5,6)10-15-12-16-11(8-9-18-12)13(2,3)4/h11H,7-10H2,1-6H3,(H,15,16). The van der Waals surface area contributed by atoms with E-state index in [-0.39, 0.29) is 11.0 Å². The summed E-state index contributed by atoms with van der Waals surface area (Å²) < 4.78 is 5.67. The van der Waals surface area contributed by atoms with E-state index in [1.807, 2.05) is 18.7 Å². The third-order valence-corrected chi connectivity index (χ3v) is 4.09. The van der Waals surface area contributed by atoms with Gasteiger partial charge in [-0.25, -0.2) is 0 Å². The van der Waals surface area contributed by atoms with Crippen LogP contribution in [0, 0.1) is 5.41 Å². The first kappa shape index (κ1) is 15.8. The van der Waals surface area contributed by atoms with Gasteiger partial charge in [0.05, 0.1) is 12.1 Å². The van der Waals surface area contributed by atoms with Crippen molar-refractivity contribution in [3.05, 3.63) is 0 Å². The Morgan fingerprint density at radius 3 is 2.56 bits per heavy atom. The molecule has 0 bridgehead atoms. The van der Waals surface area contributed by atoms with Gasteiger partial charge in [0.15, 0.2) is 5.17 Å². The van der Waals surface area contributed by atoms with E-state index in [4.69, 9.17) is 4.74 Å². The molecule has 3 nitrogen and oxygen atoms in total. The van der Waals surface area contributed by atoms with E-state index in [1.54, 1.807) is 0 Å². The normalized spacial score (nSPS) is 24.1. The molecule has 106 valence electrons. The maximum atomic E-state index is 5.67. The van der Waals surface area contributed by atoms with Gasteiger partial charge in [0.25, 0.3) is 0 Å². The fraction of sp³-hybridized carbons (Fsp3) is 0.929. The fourth-order valence-corrected chi connectivity index (χ4v) is 2.90. The molecule has 0 aromatic rings. The van der Waals surface area contributed by atoms with Gasteiger partial charge in [-0.2, -0.15) is 0 Å². The van der Waals surface area contributed by atoms with Crippen molar-refractivity contribution >= 4 is 16.9 Å². The van der Waals surface area contributed by atoms with Crippen molar-refractivity contribution in [2.75, 3.05) is 18.9 Å². The van der Waals surface area contributed by atoms with Crippen LogP contribution in [0.2, 0.25) is 0 Å². The van der Waals surface area contributed by atoms with Crippen molar-refractivity contribution < 1.29 is 4.74 Å². The molecule has 4 heteroatoms. The lowest BCUT2D eigenvalue weighted by molar-refractivity contribution is -0.00210. The van der Waals surface area contributed by atoms with Gasteiger partial charge in [0.2, 0.25) is 0 Å². The van der Waals surface area contributed by atoms with Crippen LogP contribution in [0.1, 0.15) is 48.0 Å². The summed E-state index contributed by atoms with van der Waals surface area (Å²) in [6.07, 6.45) is 1.21. The maximum Gasteiger partial charge on any atom is 0.156 e. The molecule has 18 heavy (non-hydrogen) atoms. The van der Waals surface area contributed by atoms with Crippen molar-refractivity contribution in [2.24, 2.45) is 10.4 Å². The Morgan fingerprint density at radius 2 is 2.00 bits per heavy atom. The number of aliphatic imine (C=N–C) groups is 1. The number of hydrogen-bond donors (Lipinski definition) is 1. The second-order valence-corrected chi connectivity index (χ2v) is 7.60. The predicted octanol–water partition coefficient (Wildman–Crippen LogP) is 3.30. The lowest BCUT2D eigenvalue weighted by Gasteiger charge is -2.36. The zero-order valence-electron chi connectivity index (χ0n) is 12.7. The molecular formula is C14H28N2OS. The number of thioether (sulfide) groups is 1. The second kappa shape index (κ2) is 6.29. The van der Waals surface area contributed by atoms with Gasteiger partial charge in [-0.05, 0) is 32.6 Å². The SMILES string of the molecule is CCOC(C)(C)CN=C1NC(C(C)(C)C)CCS1. The predicted molar refractivity (Wildman–Crippen MR) is 81.5 cm³/mol. The van der Waals surface area contributed by atoms with Gasteiger partial charge in [-0.15, -0.1) is 0 Å². The molecule has 0 amide bonds. The highest BCUT2D eigenvalue weighted by Crippen LogP contribution is 2.27. The quantitative estimate of drug-likeness (QED) is 0.852. The summed E-state index contributed by atoms with van der Waals surface area (Å²) in [5.74, 6) is 1.16. The van der Waals surface area contributed by atoms with E-state index >= 15 is 0 Å². The maximum absolute atomic E-state index is 5.67. The molecule has 0 radical (unpaired) electrons. The van der Waals surface area contributed by atoms with Gasteiger partial charge in [0, 0.05) is 18.4 Å². The molecule has 0 spiro atoms. The lowest BCUT2D eigenvalue weighted by atomic mass is 9.85. The monoisotopic (exact) mass is 272 g/mol. The van der Waals surface area contributed by atoms with E-state index in [0.717, 1.165) is 17.5 Å². The number of rotatable bonds is 4. The van der Waals surface area contributed by atoms with E-state index in [1.165, 1.54) is 6.42 Å². The van der Waals surface area contributed by atoms with Crippen molar-refractivity contribution in [3.63, 3.8) is 0 Å². The topological polar surface area (TPSA) is 33.6 Å². The smallest absolute Gasteiger partial charge is 0.156 e. The van der Waals surface area contributed by atoms with E-state index < -0.39 is 0 Å². The molecule has 1 N–H and O–H groups in total. The van der Waals surface area contributed by atoms with Gasteiger partial charge in [0.1, 0.15) is 0 Å². The zero-order valence-corrected chi connectivity index (χ0v) is 13.5. The highest BCUT2D eigenvalue weighted by atomic mass is 32.2. The molecule has 0 aromatic carbocycles. The molecule has 1 aliphatic rings. The zero-order chi connectivity index (χ0) is 13.8. The number of nitrogens with zero attached hydrogens (tertiary/aromatic N) is 1. The molecule has 0 aromatic heterocycles. The number of ether oxygens (including phenoxy) is 1. The number of hydrogen-bond acceptors (Lipinski definition) is 3. The van der Waals surface area contributed by atoms with Crippen molar-refractivity contribution in [3.8, 4) is 0 Å². The van der Waals surface area contributed by atoms with Crippen LogP contribution >= 0.6 is 11.8 Å². The van der Waals surface area contributed by atoms with Crippen LogP contribution in [0.3, 0.4) is 0 Å². The molecule has 1 rings (SSSR count). The highest BCUT2D eigenvalue weighted by Gasteiger charge is 2.28. The Morgan fingerprint density at radius 1 is 1.33 bits per heavy atom. The number of amidine groups is 1. The van der Waals surface area contributed by atoms with Crippen molar-refractivity contribution in [2.45, 2.75) is 59.6 Å². The fourth-order valence-electron chi connectivity index (χ4n) is 1.98. The summed E-state index contributed by atoms with van der Waals surface area (Å²) in [7, 11) is 0. The summed E-state index contributed by atoms with van der Waals surface area (Å²) in [4.78, 5) is 4.68. The summed E-state index contributed by atoms with van der Waals surface area (Å²) in [5.41, 5.74) is 0.121. The van der Waals surface area contributed by atoms with Crippen LogP contribution in [0.5, 0.6) is 0 Å². The molecule has 1 atom stereocenters. The molecule has 1 fully saturated rings. The molecule has 1 heterocycles. The molecule has 0 aliphatic carbocycles. The minimum Gasteiger partial charge on any atom is -0.374 e. The first-order chi connectivity index (χ1) is 8.24. The molecular weight excluding hydrogens is 244 g/mol. The van der Waals surface area contributed by atoms with Gasteiger partial charge < -0.3 is 10.1 Å². The second-order valence-electron chi connectivity index (χ2n) is 6.51. The minimum atomic E-state index is -0.168. The van der Waals surface area contributed by atoms with Crippen LogP contribution in [0.4, 0.5) is 0 Å². The van der Waals surface area contributed by atoms with Crippen LogP contribution < -0.4 is 5.32 Å². The third kappa shape index (κ3) is 5.19. The third-order valence-electron chi connectivity index (χ3n) is 3.13. The van der Waals surface area contributed by atoms with Crippen LogP contribution in [0.15, 0.2) is 4.99 Å². The van der Waals surface area contributed by atoms with Crippen molar-refractivity contribution in [1.82, 2.24) is 5.32 Å². The highest BCUT2D eigenvalue weighted by molar-refractivity contribution is 8.13. The van der Waals surface area contributed by atoms with Crippen LogP contribution in [-0.2, 0) is 4.74 Å². The summed E-state index contributed by atoms with van der Waals surface area (Å²) in [6.45, 7) is 14.5. The molecule has 1 unspecified atom stereocenters. The Bertz CT molecular complexity index is 295. The number of nitrogens with one attached hydrogen (secondary N) is 1. The van der Waals surface area contributed by atoms with E-state index in [2.05, 4.69) is 44.9 Å². The van der Waals surface area contributed by atoms with Crippen LogP contribution in [0.25, 0.3) is 0 Å². The van der Waals surface area contributed by atoms with E-state index in [9.17, 15) is 0 Å². The largest absolute Gasteiger partial charge is 0.374 e. The van der Waals surface area contributed by atoms with Gasteiger partial charge >= 0.3 is 0 Å². The summed E-state index contributed by atoms with van der Waals surface area (Å²) in [5, 5.41) is 4.64. The molecule has 1 saturated heterocycles. The molecule has 1 aliphatic heterocycles. The average molecular weight is 272 g/mol.